The van der Waals surface area contributed by atoms with Crippen LogP contribution in [-0.4, -0.2) is 41.7 Å². The zero-order chi connectivity index (χ0) is 13.3. The van der Waals surface area contributed by atoms with Gasteiger partial charge in [0.1, 0.15) is 0 Å². The Morgan fingerprint density at radius 3 is 2.89 bits per heavy atom. The van der Waals surface area contributed by atoms with Crippen LogP contribution in [0.25, 0.3) is 0 Å². The average Bonchev–Trinajstić information content (AvgIpc) is 2.80. The van der Waals surface area contributed by atoms with Crippen molar-refractivity contribution in [1.29, 1.82) is 0 Å². The van der Waals surface area contributed by atoms with Crippen LogP contribution in [0, 0.1) is 5.92 Å². The molecular weight excluding hydrogens is 234 g/mol. The summed E-state index contributed by atoms with van der Waals surface area (Å²) >= 11 is 0. The van der Waals surface area contributed by atoms with E-state index in [0.29, 0.717) is 25.5 Å². The highest BCUT2D eigenvalue weighted by molar-refractivity contribution is 5.91. The number of likely N-dealkylation sites (tertiary alicyclic amines) is 1. The van der Waals surface area contributed by atoms with Gasteiger partial charge < -0.3 is 19.2 Å². The predicted molar refractivity (Wildman–Crippen MR) is 65.6 cm³/mol. The third-order valence-corrected chi connectivity index (χ3v) is 3.72. The summed E-state index contributed by atoms with van der Waals surface area (Å²) in [7, 11) is 1.49. The van der Waals surface area contributed by atoms with Crippen LogP contribution in [0.4, 0.5) is 0 Å². The number of methoxy groups -OCH3 is 1. The first kappa shape index (κ1) is 13.0. The number of hydrogen-bond donors (Lipinski definition) is 1. The molecule has 0 bridgehead atoms. The molecule has 0 radical (unpaired) electrons. The Labute approximate surface area is 106 Å². The van der Waals surface area contributed by atoms with E-state index in [9.17, 15) is 9.90 Å². The normalized spacial score (nSPS) is 28.2. The lowest BCUT2D eigenvalue weighted by atomic mass is 9.84. The van der Waals surface area contributed by atoms with Gasteiger partial charge in [-0.3, -0.25) is 4.79 Å². The van der Waals surface area contributed by atoms with Crippen molar-refractivity contribution in [3.05, 3.63) is 17.9 Å². The van der Waals surface area contributed by atoms with Gasteiger partial charge in [-0.05, 0) is 19.4 Å². The van der Waals surface area contributed by atoms with Crippen LogP contribution in [0.2, 0.25) is 0 Å². The van der Waals surface area contributed by atoms with E-state index in [0.717, 1.165) is 0 Å². The van der Waals surface area contributed by atoms with Crippen molar-refractivity contribution in [3.63, 3.8) is 0 Å². The molecule has 0 aliphatic carbocycles. The number of rotatable bonds is 2. The maximum absolute atomic E-state index is 12.2. The second kappa shape index (κ2) is 4.65. The minimum absolute atomic E-state index is 0.0482. The number of nitrogens with zero attached hydrogens (tertiary/aromatic N) is 1. The fourth-order valence-electron chi connectivity index (χ4n) is 2.11. The van der Waals surface area contributed by atoms with Gasteiger partial charge in [0.25, 0.3) is 11.9 Å². The van der Waals surface area contributed by atoms with E-state index in [-0.39, 0.29) is 17.6 Å². The van der Waals surface area contributed by atoms with Gasteiger partial charge in [-0.15, -0.1) is 0 Å². The summed E-state index contributed by atoms with van der Waals surface area (Å²) in [6.45, 7) is 4.84. The predicted octanol–water partition coefficient (Wildman–Crippen LogP) is 1.52. The van der Waals surface area contributed by atoms with Crippen molar-refractivity contribution < 1.29 is 19.1 Å². The van der Waals surface area contributed by atoms with Crippen LogP contribution in [0.15, 0.2) is 16.5 Å². The number of amides is 1. The fourth-order valence-corrected chi connectivity index (χ4v) is 2.11. The quantitative estimate of drug-likeness (QED) is 0.868. The number of piperidine rings is 1. The summed E-state index contributed by atoms with van der Waals surface area (Å²) in [5, 5.41) is 10.1. The molecule has 1 aromatic heterocycles. The van der Waals surface area contributed by atoms with Crippen molar-refractivity contribution in [2.75, 3.05) is 20.2 Å². The van der Waals surface area contributed by atoms with Crippen molar-refractivity contribution in [2.24, 2.45) is 5.92 Å². The maximum Gasteiger partial charge on any atom is 0.289 e. The molecule has 2 atom stereocenters. The lowest BCUT2D eigenvalue weighted by Crippen LogP contribution is -2.50. The highest BCUT2D eigenvalue weighted by Crippen LogP contribution is 2.28. The molecule has 18 heavy (non-hydrogen) atoms. The van der Waals surface area contributed by atoms with Crippen LogP contribution >= 0.6 is 0 Å². The molecule has 2 unspecified atom stereocenters. The molecule has 2 rings (SSSR count). The Balaban J connectivity index is 2.07. The monoisotopic (exact) mass is 253 g/mol. The molecule has 0 spiro atoms. The van der Waals surface area contributed by atoms with E-state index in [1.165, 1.54) is 7.11 Å². The summed E-state index contributed by atoms with van der Waals surface area (Å²) in [6.07, 6.45) is 0.581. The standard InChI is InChI=1S/C13H19NO4/c1-9-8-14(7-6-13(9,2)16)12(15)10-4-5-11(17-3)18-10/h4-5,9,16H,6-8H2,1-3H3. The molecule has 5 nitrogen and oxygen atoms in total. The van der Waals surface area contributed by atoms with Crippen molar-refractivity contribution in [1.82, 2.24) is 4.90 Å². The topological polar surface area (TPSA) is 62.9 Å². The van der Waals surface area contributed by atoms with E-state index < -0.39 is 5.60 Å². The second-order valence-corrected chi connectivity index (χ2v) is 5.08. The Bertz CT molecular complexity index is 438. The van der Waals surface area contributed by atoms with Gasteiger partial charge in [-0.2, -0.15) is 0 Å². The Hall–Kier alpha value is -1.49. The molecule has 1 fully saturated rings. The van der Waals surface area contributed by atoms with E-state index in [1.54, 1.807) is 17.0 Å². The first-order valence-electron chi connectivity index (χ1n) is 6.09. The first-order valence-corrected chi connectivity index (χ1v) is 6.09. The zero-order valence-electron chi connectivity index (χ0n) is 11.0. The van der Waals surface area contributed by atoms with Gasteiger partial charge in [0.15, 0.2) is 5.76 Å². The molecule has 1 amide bonds. The highest BCUT2D eigenvalue weighted by atomic mass is 16.6. The van der Waals surface area contributed by atoms with E-state index in [4.69, 9.17) is 9.15 Å². The molecule has 1 aliphatic heterocycles. The summed E-state index contributed by atoms with van der Waals surface area (Å²) in [4.78, 5) is 13.9. The van der Waals surface area contributed by atoms with E-state index in [2.05, 4.69) is 0 Å². The van der Waals surface area contributed by atoms with E-state index >= 15 is 0 Å². The van der Waals surface area contributed by atoms with Crippen molar-refractivity contribution >= 4 is 5.91 Å². The lowest BCUT2D eigenvalue weighted by Gasteiger charge is -2.40. The molecular formula is C13H19NO4. The zero-order valence-corrected chi connectivity index (χ0v) is 11.0. The van der Waals surface area contributed by atoms with Crippen LogP contribution in [0.1, 0.15) is 30.8 Å². The average molecular weight is 253 g/mol. The van der Waals surface area contributed by atoms with Crippen molar-refractivity contribution in [2.45, 2.75) is 25.9 Å². The maximum atomic E-state index is 12.2. The lowest BCUT2D eigenvalue weighted by molar-refractivity contribution is -0.0445. The van der Waals surface area contributed by atoms with Gasteiger partial charge in [-0.1, -0.05) is 6.92 Å². The Morgan fingerprint density at radius 2 is 2.33 bits per heavy atom. The number of carbonyl (C=O) groups is 1. The van der Waals surface area contributed by atoms with Gasteiger partial charge >= 0.3 is 0 Å². The molecule has 2 heterocycles. The SMILES string of the molecule is COc1ccc(C(=O)N2CCC(C)(O)C(C)C2)o1. The second-order valence-electron chi connectivity index (χ2n) is 5.08. The molecule has 1 aliphatic rings. The highest BCUT2D eigenvalue weighted by Gasteiger charge is 2.36. The van der Waals surface area contributed by atoms with Gasteiger partial charge in [-0.25, -0.2) is 0 Å². The molecule has 5 heteroatoms. The van der Waals surface area contributed by atoms with E-state index in [1.807, 2.05) is 13.8 Å². The largest absolute Gasteiger partial charge is 0.468 e. The number of hydrogen-bond acceptors (Lipinski definition) is 4. The van der Waals surface area contributed by atoms with Crippen molar-refractivity contribution in [3.8, 4) is 5.95 Å². The molecule has 1 aromatic rings. The number of ether oxygens (including phenoxy) is 1. The molecule has 1 saturated heterocycles. The Kier molecular flexibility index (Phi) is 3.34. The summed E-state index contributed by atoms with van der Waals surface area (Å²) in [5.74, 6) is 0.503. The number of aliphatic hydroxyl groups is 1. The molecule has 100 valence electrons. The van der Waals surface area contributed by atoms with Gasteiger partial charge in [0, 0.05) is 25.1 Å². The minimum atomic E-state index is -0.697. The molecule has 0 saturated carbocycles. The third kappa shape index (κ3) is 2.36. The molecule has 0 aromatic carbocycles. The summed E-state index contributed by atoms with van der Waals surface area (Å²) in [6, 6.07) is 3.23. The number of furan rings is 1. The summed E-state index contributed by atoms with van der Waals surface area (Å²) in [5.41, 5.74) is -0.697. The van der Waals surface area contributed by atoms with Crippen LogP contribution < -0.4 is 4.74 Å². The van der Waals surface area contributed by atoms with Gasteiger partial charge in [0.05, 0.1) is 12.7 Å². The number of carbonyl (C=O) groups excluding carboxylic acids is 1. The first-order chi connectivity index (χ1) is 8.44. The van der Waals surface area contributed by atoms with Gasteiger partial charge in [0.2, 0.25) is 0 Å². The fraction of sp³-hybridized carbons (Fsp3) is 0.615. The smallest absolute Gasteiger partial charge is 0.289 e. The molecule has 1 N–H and O–H groups in total. The summed E-state index contributed by atoms with van der Waals surface area (Å²) < 4.78 is 10.2. The van der Waals surface area contributed by atoms with Crippen LogP contribution in [0.5, 0.6) is 5.95 Å². The Morgan fingerprint density at radius 1 is 1.61 bits per heavy atom. The minimum Gasteiger partial charge on any atom is -0.468 e. The third-order valence-electron chi connectivity index (χ3n) is 3.72. The van der Waals surface area contributed by atoms with Crippen LogP contribution in [0.3, 0.4) is 0 Å². The van der Waals surface area contributed by atoms with Crippen LogP contribution in [-0.2, 0) is 0 Å².